The van der Waals surface area contributed by atoms with E-state index < -0.39 is 44.8 Å². The summed E-state index contributed by atoms with van der Waals surface area (Å²) in [6.45, 7) is 1.37. The fourth-order valence-electron chi connectivity index (χ4n) is 3.16. The highest BCUT2D eigenvalue weighted by Gasteiger charge is 2.60. The van der Waals surface area contributed by atoms with Crippen LogP contribution in [0, 0.1) is 0 Å². The second-order valence-electron chi connectivity index (χ2n) is 6.05. The minimum Gasteiger partial charge on any atom is -0.477 e. The lowest BCUT2D eigenvalue weighted by atomic mass is 10.0. The van der Waals surface area contributed by atoms with Gasteiger partial charge in [0.25, 0.3) is 5.91 Å². The Labute approximate surface area is 144 Å². The van der Waals surface area contributed by atoms with Crippen molar-refractivity contribution in [1.29, 1.82) is 0 Å². The van der Waals surface area contributed by atoms with Gasteiger partial charge in [0, 0.05) is 0 Å². The maximum absolute atomic E-state index is 12.3. The van der Waals surface area contributed by atoms with Crippen LogP contribution in [0.3, 0.4) is 0 Å². The van der Waals surface area contributed by atoms with Crippen molar-refractivity contribution < 1.29 is 27.9 Å². The van der Waals surface area contributed by atoms with Crippen molar-refractivity contribution in [3.05, 3.63) is 47.2 Å². The second-order valence-corrected chi connectivity index (χ2v) is 8.15. The lowest BCUT2D eigenvalue weighted by Gasteiger charge is -2.48. The number of carboxylic acids is 1. The van der Waals surface area contributed by atoms with E-state index >= 15 is 0 Å². The number of nitrogens with zero attached hydrogens (tertiary/aromatic N) is 1. The van der Waals surface area contributed by atoms with Gasteiger partial charge in [0.2, 0.25) is 5.91 Å². The van der Waals surface area contributed by atoms with Gasteiger partial charge in [0.1, 0.15) is 11.7 Å². The molecule has 2 heterocycles. The predicted octanol–water partition coefficient (Wildman–Crippen LogP) is -0.331. The van der Waals surface area contributed by atoms with Crippen LogP contribution in [0.25, 0.3) is 0 Å². The SMILES string of the molecule is CC1=C(C(=O)O)N2C(=O)C(NC(=O)Cc3ccccc3)[C@@H]2S(=O)(=O)C1. The number of β-lactam (4-membered cyclic amide) rings is 1. The van der Waals surface area contributed by atoms with Gasteiger partial charge in [-0.3, -0.25) is 14.5 Å². The molecule has 1 fully saturated rings. The third kappa shape index (κ3) is 2.91. The summed E-state index contributed by atoms with van der Waals surface area (Å²) in [5, 5.41) is 10.3. The van der Waals surface area contributed by atoms with E-state index in [1.165, 1.54) is 6.92 Å². The van der Waals surface area contributed by atoms with Crippen LogP contribution in [0.1, 0.15) is 12.5 Å². The zero-order valence-corrected chi connectivity index (χ0v) is 14.1. The summed E-state index contributed by atoms with van der Waals surface area (Å²) < 4.78 is 24.7. The van der Waals surface area contributed by atoms with Gasteiger partial charge in [-0.15, -0.1) is 0 Å². The van der Waals surface area contributed by atoms with E-state index in [9.17, 15) is 27.9 Å². The fourth-order valence-corrected chi connectivity index (χ4v) is 5.20. The van der Waals surface area contributed by atoms with Crippen LogP contribution in [0.4, 0.5) is 0 Å². The Kier molecular flexibility index (Phi) is 4.11. The Bertz CT molecular complexity index is 890. The highest BCUT2D eigenvalue weighted by molar-refractivity contribution is 7.92. The van der Waals surface area contributed by atoms with Gasteiger partial charge in [0.05, 0.1) is 12.2 Å². The molecule has 1 aromatic rings. The molecule has 132 valence electrons. The average Bonchev–Trinajstić information content (AvgIpc) is 2.52. The van der Waals surface area contributed by atoms with Crippen molar-refractivity contribution in [2.24, 2.45) is 0 Å². The molecule has 9 heteroatoms. The third-order valence-electron chi connectivity index (χ3n) is 4.20. The summed E-state index contributed by atoms with van der Waals surface area (Å²) in [6.07, 6.45) is -0.00194. The molecule has 1 unspecified atom stereocenters. The quantitative estimate of drug-likeness (QED) is 0.706. The van der Waals surface area contributed by atoms with Crippen LogP contribution in [0.2, 0.25) is 0 Å². The summed E-state index contributed by atoms with van der Waals surface area (Å²) in [7, 11) is -3.77. The molecule has 3 rings (SSSR count). The largest absolute Gasteiger partial charge is 0.477 e. The number of fused-ring (bicyclic) bond motifs is 1. The number of nitrogens with one attached hydrogen (secondary N) is 1. The van der Waals surface area contributed by atoms with Crippen LogP contribution >= 0.6 is 0 Å². The van der Waals surface area contributed by atoms with Crippen molar-refractivity contribution in [2.45, 2.75) is 24.8 Å². The normalized spacial score (nSPS) is 24.4. The molecule has 2 aliphatic rings. The number of sulfone groups is 1. The van der Waals surface area contributed by atoms with Gasteiger partial charge in [-0.05, 0) is 18.1 Å². The molecule has 0 aliphatic carbocycles. The molecule has 0 aromatic heterocycles. The van der Waals surface area contributed by atoms with Crippen LogP contribution in [0.15, 0.2) is 41.6 Å². The summed E-state index contributed by atoms with van der Waals surface area (Å²) >= 11 is 0. The van der Waals surface area contributed by atoms with Gasteiger partial charge < -0.3 is 10.4 Å². The van der Waals surface area contributed by atoms with E-state index in [-0.39, 0.29) is 17.7 Å². The molecule has 0 radical (unpaired) electrons. The smallest absolute Gasteiger partial charge is 0.352 e. The van der Waals surface area contributed by atoms with E-state index in [0.717, 1.165) is 10.5 Å². The van der Waals surface area contributed by atoms with E-state index in [0.29, 0.717) is 0 Å². The maximum atomic E-state index is 12.3. The number of hydrogen-bond donors (Lipinski definition) is 2. The Balaban J connectivity index is 1.81. The van der Waals surface area contributed by atoms with Crippen molar-refractivity contribution in [3.8, 4) is 0 Å². The minimum absolute atomic E-state index is 0.00194. The molecular weight excluding hydrogens is 348 g/mol. The molecular formula is C16H16N2O6S. The molecule has 0 spiro atoms. The molecule has 0 bridgehead atoms. The maximum Gasteiger partial charge on any atom is 0.352 e. The second kappa shape index (κ2) is 5.99. The number of rotatable bonds is 4. The first-order chi connectivity index (χ1) is 11.7. The van der Waals surface area contributed by atoms with Gasteiger partial charge in [-0.1, -0.05) is 30.3 Å². The molecule has 1 aromatic carbocycles. The summed E-state index contributed by atoms with van der Waals surface area (Å²) in [5.41, 5.74) is 0.502. The number of aliphatic carboxylic acids is 1. The van der Waals surface area contributed by atoms with Crippen LogP contribution in [0.5, 0.6) is 0 Å². The summed E-state index contributed by atoms with van der Waals surface area (Å²) in [6, 6.07) is 7.53. The zero-order chi connectivity index (χ0) is 18.4. The van der Waals surface area contributed by atoms with Gasteiger partial charge in [-0.25, -0.2) is 13.2 Å². The van der Waals surface area contributed by atoms with Crippen molar-refractivity contribution in [2.75, 3.05) is 5.75 Å². The van der Waals surface area contributed by atoms with Crippen molar-refractivity contribution in [3.63, 3.8) is 0 Å². The number of benzene rings is 1. The first-order valence-electron chi connectivity index (χ1n) is 7.53. The number of hydrogen-bond acceptors (Lipinski definition) is 5. The lowest BCUT2D eigenvalue weighted by Crippen LogP contribution is -2.74. The first kappa shape index (κ1) is 17.2. The van der Waals surface area contributed by atoms with Gasteiger partial charge >= 0.3 is 5.97 Å². The molecule has 25 heavy (non-hydrogen) atoms. The minimum atomic E-state index is -3.77. The lowest BCUT2D eigenvalue weighted by molar-refractivity contribution is -0.151. The number of carbonyl (C=O) groups excluding carboxylic acids is 2. The molecule has 2 atom stereocenters. The topological polar surface area (TPSA) is 121 Å². The molecule has 2 amide bonds. The Morgan fingerprint density at radius 2 is 1.92 bits per heavy atom. The highest BCUT2D eigenvalue weighted by atomic mass is 32.2. The first-order valence-corrected chi connectivity index (χ1v) is 9.25. The van der Waals surface area contributed by atoms with Crippen LogP contribution in [-0.4, -0.2) is 53.4 Å². The Morgan fingerprint density at radius 1 is 1.28 bits per heavy atom. The number of carbonyl (C=O) groups is 3. The molecule has 1 saturated heterocycles. The monoisotopic (exact) mass is 364 g/mol. The van der Waals surface area contributed by atoms with Crippen LogP contribution < -0.4 is 5.32 Å². The fraction of sp³-hybridized carbons (Fsp3) is 0.312. The van der Waals surface area contributed by atoms with E-state index in [1.54, 1.807) is 30.3 Å². The van der Waals surface area contributed by atoms with E-state index in [1.807, 2.05) is 0 Å². The highest BCUT2D eigenvalue weighted by Crippen LogP contribution is 2.36. The third-order valence-corrected chi connectivity index (χ3v) is 6.25. The molecule has 0 saturated carbocycles. The van der Waals surface area contributed by atoms with Crippen LogP contribution in [-0.2, 0) is 30.6 Å². The summed E-state index contributed by atoms with van der Waals surface area (Å²) in [5.74, 6) is -3.04. The number of amides is 2. The zero-order valence-electron chi connectivity index (χ0n) is 13.3. The average molecular weight is 364 g/mol. The molecule has 2 aliphatic heterocycles. The van der Waals surface area contributed by atoms with Gasteiger partial charge in [0.15, 0.2) is 15.2 Å². The molecule has 8 nitrogen and oxygen atoms in total. The standard InChI is InChI=1S/C16H16N2O6S/c1-9-8-25(23,24)15-12(14(20)18(15)13(9)16(21)22)17-11(19)7-10-5-3-2-4-6-10/h2-6,12,15H,7-8H2,1H3,(H,17,19)(H,21,22)/t12?,15-/m0/s1. The predicted molar refractivity (Wildman–Crippen MR) is 86.8 cm³/mol. The van der Waals surface area contributed by atoms with E-state index in [4.69, 9.17) is 0 Å². The molecule has 2 N–H and O–H groups in total. The van der Waals surface area contributed by atoms with Gasteiger partial charge in [-0.2, -0.15) is 0 Å². The summed E-state index contributed by atoms with van der Waals surface area (Å²) in [4.78, 5) is 36.5. The van der Waals surface area contributed by atoms with Crippen molar-refractivity contribution >= 4 is 27.6 Å². The van der Waals surface area contributed by atoms with E-state index in [2.05, 4.69) is 5.32 Å². The van der Waals surface area contributed by atoms with Crippen molar-refractivity contribution in [1.82, 2.24) is 10.2 Å². The Hall–Kier alpha value is -2.68. The Morgan fingerprint density at radius 3 is 2.52 bits per heavy atom. The number of carboxylic acid groups (broad SMARTS) is 1.